The fourth-order valence-corrected chi connectivity index (χ4v) is 1.82. The van der Waals surface area contributed by atoms with Gasteiger partial charge in [0.2, 0.25) is 5.88 Å². The van der Waals surface area contributed by atoms with Crippen molar-refractivity contribution in [1.82, 2.24) is 19.9 Å². The van der Waals surface area contributed by atoms with Gasteiger partial charge in [0.25, 0.3) is 0 Å². The summed E-state index contributed by atoms with van der Waals surface area (Å²) in [5.41, 5.74) is 2.16. The van der Waals surface area contributed by atoms with Gasteiger partial charge < -0.3 is 4.74 Å². The summed E-state index contributed by atoms with van der Waals surface area (Å²) >= 11 is 0. The molecule has 2 aromatic heterocycles. The van der Waals surface area contributed by atoms with Gasteiger partial charge in [-0.05, 0) is 25.6 Å². The lowest BCUT2D eigenvalue weighted by Gasteiger charge is -2.24. The van der Waals surface area contributed by atoms with Gasteiger partial charge in [0.05, 0.1) is 12.8 Å². The minimum atomic E-state index is 0.227. The Hall–Kier alpha value is -2.01. The van der Waals surface area contributed by atoms with Crippen molar-refractivity contribution in [2.45, 2.75) is 19.5 Å². The maximum absolute atomic E-state index is 5.05. The summed E-state index contributed by atoms with van der Waals surface area (Å²) in [7, 11) is 3.68. The van der Waals surface area contributed by atoms with E-state index >= 15 is 0 Å². The van der Waals surface area contributed by atoms with Crippen molar-refractivity contribution < 1.29 is 4.74 Å². The van der Waals surface area contributed by atoms with Crippen LogP contribution in [0.25, 0.3) is 0 Å². The van der Waals surface area contributed by atoms with Crippen molar-refractivity contribution in [3.05, 3.63) is 48.2 Å². The number of aromatic nitrogens is 3. The predicted molar refractivity (Wildman–Crippen MR) is 72.7 cm³/mol. The molecule has 0 fully saturated rings. The van der Waals surface area contributed by atoms with Gasteiger partial charge in [-0.25, -0.2) is 15.0 Å². The molecule has 2 aromatic rings. The lowest BCUT2D eigenvalue weighted by Crippen LogP contribution is -2.22. The first-order valence-electron chi connectivity index (χ1n) is 6.15. The van der Waals surface area contributed by atoms with Gasteiger partial charge in [0.15, 0.2) is 0 Å². The van der Waals surface area contributed by atoms with Gasteiger partial charge in [0.1, 0.15) is 6.33 Å². The maximum Gasteiger partial charge on any atom is 0.212 e. The zero-order valence-electron chi connectivity index (χ0n) is 11.4. The molecule has 2 heterocycles. The molecule has 2 rings (SSSR count). The summed E-state index contributed by atoms with van der Waals surface area (Å²) in [6.07, 6.45) is 5.18. The lowest BCUT2D eigenvalue weighted by atomic mass is 10.2. The summed E-state index contributed by atoms with van der Waals surface area (Å²) in [6.45, 7) is 2.93. The molecular formula is C14H18N4O. The Morgan fingerprint density at radius 2 is 2.11 bits per heavy atom. The largest absolute Gasteiger partial charge is 0.481 e. The van der Waals surface area contributed by atoms with E-state index in [1.165, 1.54) is 0 Å². The number of nitrogens with zero attached hydrogens (tertiary/aromatic N) is 4. The van der Waals surface area contributed by atoms with Crippen LogP contribution in [-0.4, -0.2) is 34.0 Å². The fraction of sp³-hybridized carbons (Fsp3) is 0.357. The minimum Gasteiger partial charge on any atom is -0.481 e. The average Bonchev–Trinajstić information content (AvgIpc) is 2.48. The molecule has 0 aliphatic carbocycles. The second-order valence-electron chi connectivity index (χ2n) is 4.43. The second-order valence-corrected chi connectivity index (χ2v) is 4.43. The molecule has 0 unspecified atom stereocenters. The summed E-state index contributed by atoms with van der Waals surface area (Å²) in [5, 5.41) is 0. The van der Waals surface area contributed by atoms with Gasteiger partial charge in [-0.1, -0.05) is 6.07 Å². The zero-order valence-corrected chi connectivity index (χ0v) is 11.4. The van der Waals surface area contributed by atoms with Crippen LogP contribution in [0.2, 0.25) is 0 Å². The van der Waals surface area contributed by atoms with Crippen LogP contribution < -0.4 is 4.74 Å². The third kappa shape index (κ3) is 3.48. The molecule has 5 nitrogen and oxygen atoms in total. The van der Waals surface area contributed by atoms with Crippen LogP contribution in [0.1, 0.15) is 24.2 Å². The topological polar surface area (TPSA) is 51.1 Å². The van der Waals surface area contributed by atoms with E-state index in [0.29, 0.717) is 5.88 Å². The third-order valence-electron chi connectivity index (χ3n) is 3.13. The Balaban J connectivity index is 2.01. The molecule has 5 heteroatoms. The van der Waals surface area contributed by atoms with Crippen LogP contribution in [0, 0.1) is 0 Å². The first kappa shape index (κ1) is 13.4. The van der Waals surface area contributed by atoms with Crippen LogP contribution in [-0.2, 0) is 6.54 Å². The van der Waals surface area contributed by atoms with E-state index in [1.807, 2.05) is 24.4 Å². The molecule has 0 radical (unpaired) electrons. The SMILES string of the molecule is COc1ccc(CN(C)[C@@H](C)c2ccncn2)cn1. The summed E-state index contributed by atoms with van der Waals surface area (Å²) in [5.74, 6) is 0.634. The smallest absolute Gasteiger partial charge is 0.212 e. The van der Waals surface area contributed by atoms with Crippen molar-refractivity contribution in [3.8, 4) is 5.88 Å². The molecule has 100 valence electrons. The molecule has 0 saturated heterocycles. The highest BCUT2D eigenvalue weighted by Gasteiger charge is 2.13. The van der Waals surface area contributed by atoms with Gasteiger partial charge in [0, 0.05) is 31.0 Å². The monoisotopic (exact) mass is 258 g/mol. The van der Waals surface area contributed by atoms with Crippen LogP contribution in [0.3, 0.4) is 0 Å². The number of methoxy groups -OCH3 is 1. The molecule has 0 saturated carbocycles. The van der Waals surface area contributed by atoms with Gasteiger partial charge >= 0.3 is 0 Å². The number of pyridine rings is 1. The first-order valence-corrected chi connectivity index (χ1v) is 6.15. The first-order chi connectivity index (χ1) is 9.20. The average molecular weight is 258 g/mol. The highest BCUT2D eigenvalue weighted by molar-refractivity contribution is 5.18. The Morgan fingerprint density at radius 3 is 2.68 bits per heavy atom. The molecule has 0 spiro atoms. The zero-order chi connectivity index (χ0) is 13.7. The lowest BCUT2D eigenvalue weighted by molar-refractivity contribution is 0.248. The van der Waals surface area contributed by atoms with Crippen molar-refractivity contribution in [3.63, 3.8) is 0 Å². The second kappa shape index (κ2) is 6.24. The van der Waals surface area contributed by atoms with Crippen LogP contribution in [0.5, 0.6) is 5.88 Å². The van der Waals surface area contributed by atoms with Crippen LogP contribution >= 0.6 is 0 Å². The van der Waals surface area contributed by atoms with Crippen LogP contribution in [0.4, 0.5) is 0 Å². The maximum atomic E-state index is 5.05. The van der Waals surface area contributed by atoms with E-state index in [0.717, 1.165) is 17.8 Å². The molecule has 0 aromatic carbocycles. The summed E-state index contributed by atoms with van der Waals surface area (Å²) in [6, 6.07) is 6.06. The van der Waals surface area contributed by atoms with Gasteiger partial charge in [-0.3, -0.25) is 4.90 Å². The van der Waals surface area contributed by atoms with Crippen molar-refractivity contribution in [2.75, 3.05) is 14.2 Å². The van der Waals surface area contributed by atoms with Gasteiger partial charge in [-0.15, -0.1) is 0 Å². The highest BCUT2D eigenvalue weighted by Crippen LogP contribution is 2.18. The molecule has 0 aliphatic rings. The van der Waals surface area contributed by atoms with Crippen molar-refractivity contribution >= 4 is 0 Å². The number of hydrogen-bond acceptors (Lipinski definition) is 5. The molecule has 0 N–H and O–H groups in total. The molecule has 0 amide bonds. The number of rotatable bonds is 5. The Bertz CT molecular complexity index is 501. The normalized spacial score (nSPS) is 12.4. The van der Waals surface area contributed by atoms with E-state index in [4.69, 9.17) is 4.74 Å². The van der Waals surface area contributed by atoms with E-state index in [-0.39, 0.29) is 6.04 Å². The molecule has 1 atom stereocenters. The minimum absolute atomic E-state index is 0.227. The van der Waals surface area contributed by atoms with E-state index < -0.39 is 0 Å². The van der Waals surface area contributed by atoms with Crippen molar-refractivity contribution in [1.29, 1.82) is 0 Å². The fourth-order valence-electron chi connectivity index (χ4n) is 1.82. The molecule has 0 aliphatic heterocycles. The van der Waals surface area contributed by atoms with Gasteiger partial charge in [-0.2, -0.15) is 0 Å². The Morgan fingerprint density at radius 1 is 1.26 bits per heavy atom. The molecule has 19 heavy (non-hydrogen) atoms. The molecular weight excluding hydrogens is 240 g/mol. The van der Waals surface area contributed by atoms with Crippen molar-refractivity contribution in [2.24, 2.45) is 0 Å². The molecule has 0 bridgehead atoms. The Labute approximate surface area is 113 Å². The van der Waals surface area contributed by atoms with Crippen LogP contribution in [0.15, 0.2) is 36.9 Å². The third-order valence-corrected chi connectivity index (χ3v) is 3.13. The number of hydrogen-bond donors (Lipinski definition) is 0. The predicted octanol–water partition coefficient (Wildman–Crippen LogP) is 2.07. The van der Waals surface area contributed by atoms with E-state index in [2.05, 4.69) is 33.8 Å². The van der Waals surface area contributed by atoms with E-state index in [1.54, 1.807) is 19.6 Å². The number of ether oxygens (including phenoxy) is 1. The Kier molecular flexibility index (Phi) is 4.41. The standard InChI is InChI=1S/C14H18N4O/c1-11(13-6-7-15-10-17-13)18(2)9-12-4-5-14(19-3)16-8-12/h4-8,10-11H,9H2,1-3H3/t11-/m0/s1. The highest BCUT2D eigenvalue weighted by atomic mass is 16.5. The van der Waals surface area contributed by atoms with E-state index in [9.17, 15) is 0 Å². The summed E-state index contributed by atoms with van der Waals surface area (Å²) < 4.78 is 5.05. The quantitative estimate of drug-likeness (QED) is 0.821. The summed E-state index contributed by atoms with van der Waals surface area (Å²) in [4.78, 5) is 14.6.